The van der Waals surface area contributed by atoms with Gasteiger partial charge in [0.15, 0.2) is 5.96 Å². The molecule has 246 valence electrons. The number of nitrogens with zero attached hydrogens (tertiary/aromatic N) is 2. The molecule has 1 saturated heterocycles. The van der Waals surface area contributed by atoms with Gasteiger partial charge in [-0.05, 0) is 66.3 Å². The molecular formula is C35H36F4N6O2. The minimum atomic E-state index is -4.83. The fourth-order valence-electron chi connectivity index (χ4n) is 5.95. The van der Waals surface area contributed by atoms with Gasteiger partial charge < -0.3 is 20.9 Å². The Kier molecular flexibility index (Phi) is 9.50. The molecule has 2 amide bonds. The topological polar surface area (TPSA) is 112 Å². The summed E-state index contributed by atoms with van der Waals surface area (Å²) in [6, 6.07) is 17.9. The van der Waals surface area contributed by atoms with Crippen LogP contribution in [0, 0.1) is 22.6 Å². The van der Waals surface area contributed by atoms with Gasteiger partial charge in [0.1, 0.15) is 11.4 Å². The highest BCUT2D eigenvalue weighted by Gasteiger charge is 2.50. The van der Waals surface area contributed by atoms with Crippen molar-refractivity contribution in [3.05, 3.63) is 112 Å². The van der Waals surface area contributed by atoms with Gasteiger partial charge >= 0.3 is 6.18 Å². The Morgan fingerprint density at radius 2 is 1.79 bits per heavy atom. The lowest BCUT2D eigenvalue weighted by Gasteiger charge is -2.31. The van der Waals surface area contributed by atoms with Gasteiger partial charge in [0.2, 0.25) is 0 Å². The molecule has 0 aromatic heterocycles. The van der Waals surface area contributed by atoms with E-state index in [0.717, 1.165) is 28.9 Å². The second-order valence-corrected chi connectivity index (χ2v) is 12.2. The van der Waals surface area contributed by atoms with Crippen molar-refractivity contribution in [1.82, 2.24) is 15.1 Å². The highest BCUT2D eigenvalue weighted by Crippen LogP contribution is 2.37. The maximum Gasteiger partial charge on any atom is 0.417 e. The summed E-state index contributed by atoms with van der Waals surface area (Å²) < 4.78 is 56.3. The molecule has 47 heavy (non-hydrogen) atoms. The molecule has 1 unspecified atom stereocenters. The standard InChI is InChI=1S/C35H36F4N6O2/c1-22(2)14-16-34(25-9-11-26(36)12-10-25)32(47)45(33(41)43-34)20-23-8-13-29(35(37,38)39)28(18-23)31(46)44-17-15-30(24(19-40)21-44)42-27-6-4-3-5-7-27/h3-13,18-19,22,40,42H,14-17,20-21H2,1-2H3,(H2,41,43). The molecule has 1 atom stereocenters. The van der Waals surface area contributed by atoms with Gasteiger partial charge in [0.25, 0.3) is 11.8 Å². The smallest absolute Gasteiger partial charge is 0.359 e. The number of nitrogens with one attached hydrogen (secondary N) is 4. The molecule has 5 rings (SSSR count). The van der Waals surface area contributed by atoms with Gasteiger partial charge in [-0.25, -0.2) is 4.39 Å². The third-order valence-corrected chi connectivity index (χ3v) is 8.52. The molecular weight excluding hydrogens is 612 g/mol. The van der Waals surface area contributed by atoms with E-state index in [-0.39, 0.29) is 37.1 Å². The third kappa shape index (κ3) is 7.06. The van der Waals surface area contributed by atoms with Gasteiger partial charge in [-0.3, -0.25) is 19.9 Å². The van der Waals surface area contributed by atoms with E-state index in [0.29, 0.717) is 36.1 Å². The van der Waals surface area contributed by atoms with Gasteiger partial charge in [-0.1, -0.05) is 50.2 Å². The minimum absolute atomic E-state index is 0.0613. The van der Waals surface area contributed by atoms with E-state index < -0.39 is 40.5 Å². The maximum absolute atomic E-state index is 14.2. The van der Waals surface area contributed by atoms with Crippen LogP contribution in [0.15, 0.2) is 84.1 Å². The summed E-state index contributed by atoms with van der Waals surface area (Å²) in [7, 11) is 0. The average molecular weight is 649 g/mol. The molecule has 0 radical (unpaired) electrons. The van der Waals surface area contributed by atoms with Crippen molar-refractivity contribution in [1.29, 1.82) is 10.8 Å². The van der Waals surface area contributed by atoms with Crippen LogP contribution < -0.4 is 10.6 Å². The van der Waals surface area contributed by atoms with Crippen molar-refractivity contribution in [2.75, 3.05) is 18.4 Å². The largest absolute Gasteiger partial charge is 0.417 e. The van der Waals surface area contributed by atoms with Crippen molar-refractivity contribution >= 4 is 29.7 Å². The van der Waals surface area contributed by atoms with E-state index in [1.54, 1.807) is 0 Å². The van der Waals surface area contributed by atoms with Crippen LogP contribution in [0.25, 0.3) is 0 Å². The number of hydrogen-bond donors (Lipinski definition) is 4. The van der Waals surface area contributed by atoms with Crippen molar-refractivity contribution in [3.8, 4) is 0 Å². The van der Waals surface area contributed by atoms with Crippen molar-refractivity contribution in [2.24, 2.45) is 5.92 Å². The number of benzene rings is 3. The fraction of sp³-hybridized carbons (Fsp3) is 0.314. The molecule has 8 nitrogen and oxygen atoms in total. The monoisotopic (exact) mass is 648 g/mol. The Labute approximate surface area is 270 Å². The molecule has 2 aliphatic rings. The summed E-state index contributed by atoms with van der Waals surface area (Å²) in [6.07, 6.45) is -2.51. The first-order valence-electron chi connectivity index (χ1n) is 15.3. The third-order valence-electron chi connectivity index (χ3n) is 8.52. The normalized spacial score (nSPS) is 18.5. The van der Waals surface area contributed by atoms with E-state index in [1.807, 2.05) is 44.2 Å². The van der Waals surface area contributed by atoms with Crippen LogP contribution in [-0.2, 0) is 23.1 Å². The first-order valence-corrected chi connectivity index (χ1v) is 15.3. The number of anilines is 1. The number of rotatable bonds is 10. The maximum atomic E-state index is 14.2. The van der Waals surface area contributed by atoms with Crippen LogP contribution in [-0.4, -0.2) is 46.9 Å². The highest BCUT2D eigenvalue weighted by atomic mass is 19.4. The van der Waals surface area contributed by atoms with E-state index in [2.05, 4.69) is 10.6 Å². The number of carbonyl (C=O) groups is 2. The summed E-state index contributed by atoms with van der Waals surface area (Å²) in [5.41, 5.74) is -0.369. The molecule has 2 heterocycles. The van der Waals surface area contributed by atoms with Gasteiger partial charge in [0, 0.05) is 42.7 Å². The fourth-order valence-corrected chi connectivity index (χ4v) is 5.95. The predicted molar refractivity (Wildman–Crippen MR) is 171 cm³/mol. The van der Waals surface area contributed by atoms with Crippen LogP contribution in [0.2, 0.25) is 0 Å². The number of hydrogen-bond acceptors (Lipinski definition) is 5. The summed E-state index contributed by atoms with van der Waals surface area (Å²) in [5.74, 6) is -1.84. The lowest BCUT2D eigenvalue weighted by Crippen LogP contribution is -2.44. The predicted octanol–water partition coefficient (Wildman–Crippen LogP) is 6.90. The molecule has 4 N–H and O–H groups in total. The second-order valence-electron chi connectivity index (χ2n) is 12.2. The Balaban J connectivity index is 1.43. The Morgan fingerprint density at radius 1 is 1.09 bits per heavy atom. The number of guanidine groups is 1. The Hall–Kier alpha value is -5.00. The summed E-state index contributed by atoms with van der Waals surface area (Å²) in [6.45, 7) is 3.79. The quantitative estimate of drug-likeness (QED) is 0.142. The van der Waals surface area contributed by atoms with Gasteiger partial charge in [-0.2, -0.15) is 13.2 Å². The summed E-state index contributed by atoms with van der Waals surface area (Å²) in [5, 5.41) is 22.8. The molecule has 0 bridgehead atoms. The average Bonchev–Trinajstić information content (AvgIpc) is 3.28. The summed E-state index contributed by atoms with van der Waals surface area (Å²) in [4.78, 5) is 30.1. The SMILES string of the molecule is CC(C)CCC1(c2ccc(F)cc2)NC(=N)N(Cc2ccc(C(F)(F)F)c(C(=O)N3CCC(Nc4ccccc4)=C(C=N)C3)c2)C1=O. The number of alkyl halides is 3. The van der Waals surface area contributed by atoms with Crippen LogP contribution in [0.1, 0.15) is 60.2 Å². The zero-order valence-electron chi connectivity index (χ0n) is 26.0. The van der Waals surface area contributed by atoms with Gasteiger partial charge in [0.05, 0.1) is 17.7 Å². The molecule has 2 aliphatic heterocycles. The van der Waals surface area contributed by atoms with E-state index in [4.69, 9.17) is 10.8 Å². The van der Waals surface area contributed by atoms with Crippen LogP contribution in [0.4, 0.5) is 23.2 Å². The second kappa shape index (κ2) is 13.4. The lowest BCUT2D eigenvalue weighted by atomic mass is 9.83. The Bertz CT molecular complexity index is 1710. The molecule has 3 aromatic rings. The highest BCUT2D eigenvalue weighted by molar-refractivity contribution is 6.08. The number of para-hydroxylation sites is 1. The molecule has 3 aromatic carbocycles. The summed E-state index contributed by atoms with van der Waals surface area (Å²) >= 11 is 0. The molecule has 0 spiro atoms. The van der Waals surface area contributed by atoms with Gasteiger partial charge in [-0.15, -0.1) is 0 Å². The lowest BCUT2D eigenvalue weighted by molar-refractivity contribution is -0.138. The number of carbonyl (C=O) groups excluding carboxylic acids is 2. The number of halogens is 4. The number of amides is 2. The first-order chi connectivity index (χ1) is 22.3. The van der Waals surface area contributed by atoms with E-state index >= 15 is 0 Å². The molecule has 0 aliphatic carbocycles. The molecule has 1 fully saturated rings. The van der Waals surface area contributed by atoms with Crippen molar-refractivity contribution < 1.29 is 27.2 Å². The zero-order valence-corrected chi connectivity index (χ0v) is 26.0. The molecule has 0 saturated carbocycles. The van der Waals surface area contributed by atoms with Crippen LogP contribution in [0.5, 0.6) is 0 Å². The van der Waals surface area contributed by atoms with Crippen LogP contribution >= 0.6 is 0 Å². The van der Waals surface area contributed by atoms with E-state index in [9.17, 15) is 27.2 Å². The molecule has 12 heteroatoms. The van der Waals surface area contributed by atoms with Crippen molar-refractivity contribution in [2.45, 2.75) is 51.4 Å². The zero-order chi connectivity index (χ0) is 33.9. The van der Waals surface area contributed by atoms with Crippen molar-refractivity contribution in [3.63, 3.8) is 0 Å². The Morgan fingerprint density at radius 3 is 2.43 bits per heavy atom. The van der Waals surface area contributed by atoms with E-state index in [1.165, 1.54) is 35.2 Å². The van der Waals surface area contributed by atoms with Crippen LogP contribution in [0.3, 0.4) is 0 Å². The minimum Gasteiger partial charge on any atom is -0.359 e. The first kappa shape index (κ1) is 33.4.